The Kier molecular flexibility index (Phi) is 12.4. The van der Waals surface area contributed by atoms with E-state index in [2.05, 4.69) is 10.6 Å². The number of urea groups is 1. The summed E-state index contributed by atoms with van der Waals surface area (Å²) in [4.78, 5) is 15.1. The molecule has 1 aliphatic rings. The smallest absolute Gasteiger partial charge is 0.317 e. The van der Waals surface area contributed by atoms with Crippen LogP contribution in [0.3, 0.4) is 0 Å². The number of para-hydroxylation sites is 2. The highest BCUT2D eigenvalue weighted by Crippen LogP contribution is 2.45. The van der Waals surface area contributed by atoms with E-state index in [-0.39, 0.29) is 30.2 Å². The quantitative estimate of drug-likeness (QED) is 0.238. The van der Waals surface area contributed by atoms with Crippen molar-refractivity contribution in [2.45, 2.75) is 70.6 Å². The van der Waals surface area contributed by atoms with Gasteiger partial charge in [-0.05, 0) is 69.7 Å². The highest BCUT2D eigenvalue weighted by atomic mass is 19.1. The van der Waals surface area contributed by atoms with E-state index in [9.17, 15) is 15.0 Å². The van der Waals surface area contributed by atoms with Crippen molar-refractivity contribution < 1.29 is 28.9 Å². The third-order valence-corrected chi connectivity index (χ3v) is 8.11. The largest absolute Gasteiger partial charge is 0.454 e. The van der Waals surface area contributed by atoms with E-state index in [0.717, 1.165) is 12.0 Å². The molecule has 0 radical (unpaired) electrons. The van der Waals surface area contributed by atoms with Crippen LogP contribution in [0, 0.1) is 24.6 Å². The highest BCUT2D eigenvalue weighted by molar-refractivity contribution is 5.74. The Balaban J connectivity index is 1.93. The molecule has 0 aromatic heterocycles. The summed E-state index contributed by atoms with van der Waals surface area (Å²) in [6.07, 6.45) is 2.39. The van der Waals surface area contributed by atoms with Crippen LogP contribution in [0.1, 0.15) is 57.1 Å². The van der Waals surface area contributed by atoms with Crippen molar-refractivity contribution in [1.82, 2.24) is 15.5 Å². The standard InChI is InChI=1S/C32H48FN3O5/c1-22(2)29(37)27(20-34-4)35-31(38)36-18-11-13-24(21-36)32(39,17-8-9-19-40-5)25-14-10-15-26(33)30(25)41-28-16-7-6-12-23(28)3/h6-7,10,12,14-16,22,24,27,29,34,37,39H,8-9,11,13,17-21H2,1-5H3,(H,35,38)/t24-,27-,29-,32+/m1/s1. The van der Waals surface area contributed by atoms with Gasteiger partial charge in [-0.3, -0.25) is 0 Å². The number of aliphatic hydroxyl groups excluding tert-OH is 1. The summed E-state index contributed by atoms with van der Waals surface area (Å²) in [7, 11) is 3.42. The van der Waals surface area contributed by atoms with Crippen molar-refractivity contribution in [3.05, 3.63) is 59.4 Å². The number of amides is 2. The number of likely N-dealkylation sites (N-methyl/N-ethyl adjacent to an activating group) is 1. The minimum absolute atomic E-state index is 0.00626. The molecule has 0 spiro atoms. The van der Waals surface area contributed by atoms with Gasteiger partial charge in [-0.25, -0.2) is 9.18 Å². The van der Waals surface area contributed by atoms with Crippen LogP contribution in [0.25, 0.3) is 0 Å². The van der Waals surface area contributed by atoms with E-state index in [0.29, 0.717) is 56.7 Å². The number of carbonyl (C=O) groups excluding carboxylic acids is 1. The predicted molar refractivity (Wildman–Crippen MR) is 159 cm³/mol. The van der Waals surface area contributed by atoms with E-state index < -0.39 is 23.6 Å². The monoisotopic (exact) mass is 573 g/mol. The zero-order valence-electron chi connectivity index (χ0n) is 25.2. The normalized spacial score (nSPS) is 18.6. The Morgan fingerprint density at radius 3 is 2.63 bits per heavy atom. The number of methoxy groups -OCH3 is 1. The average molecular weight is 574 g/mol. The fraction of sp³-hybridized carbons (Fsp3) is 0.594. The van der Waals surface area contributed by atoms with E-state index in [4.69, 9.17) is 9.47 Å². The molecule has 3 rings (SSSR count). The molecule has 2 amide bonds. The van der Waals surface area contributed by atoms with Crippen LogP contribution in [0.4, 0.5) is 9.18 Å². The maximum Gasteiger partial charge on any atom is 0.317 e. The summed E-state index contributed by atoms with van der Waals surface area (Å²) >= 11 is 0. The summed E-state index contributed by atoms with van der Waals surface area (Å²) in [5, 5.41) is 29.2. The summed E-state index contributed by atoms with van der Waals surface area (Å²) in [5.41, 5.74) is -0.214. The van der Waals surface area contributed by atoms with Crippen molar-refractivity contribution >= 4 is 6.03 Å². The number of nitrogens with one attached hydrogen (secondary N) is 2. The van der Waals surface area contributed by atoms with Crippen LogP contribution in [-0.2, 0) is 10.3 Å². The molecular weight excluding hydrogens is 525 g/mol. The first-order valence-electron chi connectivity index (χ1n) is 14.7. The minimum Gasteiger partial charge on any atom is -0.454 e. The van der Waals surface area contributed by atoms with E-state index >= 15 is 4.39 Å². The number of piperidine rings is 1. The van der Waals surface area contributed by atoms with E-state index in [1.165, 1.54) is 6.07 Å². The van der Waals surface area contributed by atoms with Gasteiger partial charge in [-0.1, -0.05) is 44.2 Å². The average Bonchev–Trinajstić information content (AvgIpc) is 2.96. The number of carbonyl (C=O) groups is 1. The molecule has 4 atom stereocenters. The van der Waals surface area contributed by atoms with Gasteiger partial charge < -0.3 is 35.2 Å². The molecule has 1 fully saturated rings. The predicted octanol–water partition coefficient (Wildman–Crippen LogP) is 4.96. The number of rotatable bonds is 14. The second kappa shape index (κ2) is 15.5. The maximum atomic E-state index is 15.4. The Morgan fingerprint density at radius 2 is 1.95 bits per heavy atom. The second-order valence-electron chi connectivity index (χ2n) is 11.5. The van der Waals surface area contributed by atoms with Gasteiger partial charge in [-0.15, -0.1) is 0 Å². The summed E-state index contributed by atoms with van der Waals surface area (Å²) < 4.78 is 26.8. The number of benzene rings is 2. The first-order chi connectivity index (χ1) is 19.6. The molecule has 1 heterocycles. The van der Waals surface area contributed by atoms with Crippen molar-refractivity contribution in [3.8, 4) is 11.5 Å². The van der Waals surface area contributed by atoms with Gasteiger partial charge in [0, 0.05) is 44.8 Å². The van der Waals surface area contributed by atoms with Gasteiger partial charge in [0.25, 0.3) is 0 Å². The first kappa shape index (κ1) is 32.8. The van der Waals surface area contributed by atoms with Crippen LogP contribution >= 0.6 is 0 Å². The van der Waals surface area contributed by atoms with Gasteiger partial charge in [0.05, 0.1) is 17.7 Å². The SMILES string of the molecule is CNC[C@@H](NC(=O)N1CCC[C@@H]([C@@](O)(CCCCOC)c2cccc(F)c2Oc2ccccc2C)C1)[C@H](O)C(C)C. The number of aryl methyl sites for hydroxylation is 1. The zero-order chi connectivity index (χ0) is 30.0. The summed E-state index contributed by atoms with van der Waals surface area (Å²) in [6, 6.07) is 11.3. The third-order valence-electron chi connectivity index (χ3n) is 8.11. The molecule has 1 saturated heterocycles. The molecule has 8 nitrogen and oxygen atoms in total. The second-order valence-corrected chi connectivity index (χ2v) is 11.5. The Hall–Kier alpha value is -2.72. The number of hydrogen-bond donors (Lipinski definition) is 4. The molecule has 0 unspecified atom stereocenters. The van der Waals surface area contributed by atoms with Crippen LogP contribution in [-0.4, -0.2) is 73.7 Å². The van der Waals surface area contributed by atoms with E-state index in [1.807, 2.05) is 39.0 Å². The first-order valence-corrected chi connectivity index (χ1v) is 14.7. The number of halogens is 1. The van der Waals surface area contributed by atoms with Crippen LogP contribution in [0.15, 0.2) is 42.5 Å². The molecule has 1 aliphatic heterocycles. The maximum absolute atomic E-state index is 15.4. The van der Waals surface area contributed by atoms with Crippen LogP contribution < -0.4 is 15.4 Å². The number of ether oxygens (including phenoxy) is 2. The topological polar surface area (TPSA) is 103 Å². The van der Waals surface area contributed by atoms with Gasteiger partial charge in [0.1, 0.15) is 5.75 Å². The fourth-order valence-corrected chi connectivity index (χ4v) is 5.68. The van der Waals surface area contributed by atoms with Gasteiger partial charge >= 0.3 is 6.03 Å². The molecular formula is C32H48FN3O5. The van der Waals surface area contributed by atoms with Crippen molar-refractivity contribution in [2.24, 2.45) is 11.8 Å². The van der Waals surface area contributed by atoms with Crippen molar-refractivity contribution in [3.63, 3.8) is 0 Å². The van der Waals surface area contributed by atoms with Crippen molar-refractivity contribution in [2.75, 3.05) is 40.4 Å². The molecule has 2 aromatic carbocycles. The molecule has 2 aromatic rings. The Bertz CT molecular complexity index is 1120. The lowest BCUT2D eigenvalue weighted by atomic mass is 9.73. The van der Waals surface area contributed by atoms with Gasteiger partial charge in [0.15, 0.2) is 11.6 Å². The van der Waals surface area contributed by atoms with Crippen molar-refractivity contribution in [1.29, 1.82) is 0 Å². The minimum atomic E-state index is -1.45. The Labute approximate surface area is 244 Å². The number of hydrogen-bond acceptors (Lipinski definition) is 6. The van der Waals surface area contributed by atoms with Crippen LogP contribution in [0.2, 0.25) is 0 Å². The number of unbranched alkanes of at least 4 members (excludes halogenated alkanes) is 1. The Morgan fingerprint density at radius 1 is 1.20 bits per heavy atom. The highest BCUT2D eigenvalue weighted by Gasteiger charge is 2.44. The number of aliphatic hydroxyl groups is 2. The fourth-order valence-electron chi connectivity index (χ4n) is 5.68. The lowest BCUT2D eigenvalue weighted by Crippen LogP contribution is -2.57. The summed E-state index contributed by atoms with van der Waals surface area (Å²) in [5.74, 6) is -0.414. The lowest BCUT2D eigenvalue weighted by molar-refractivity contribution is -0.0580. The van der Waals surface area contributed by atoms with Gasteiger partial charge in [0.2, 0.25) is 0 Å². The van der Waals surface area contributed by atoms with E-state index in [1.54, 1.807) is 37.3 Å². The number of nitrogens with zero attached hydrogens (tertiary/aromatic N) is 1. The number of likely N-dealkylation sites (tertiary alicyclic amines) is 1. The zero-order valence-corrected chi connectivity index (χ0v) is 25.2. The molecule has 4 N–H and O–H groups in total. The molecule has 0 saturated carbocycles. The molecule has 9 heteroatoms. The van der Waals surface area contributed by atoms with Crippen LogP contribution in [0.5, 0.6) is 11.5 Å². The molecule has 0 bridgehead atoms. The molecule has 228 valence electrons. The third kappa shape index (κ3) is 8.41. The molecule has 41 heavy (non-hydrogen) atoms. The van der Waals surface area contributed by atoms with Gasteiger partial charge in [-0.2, -0.15) is 0 Å². The summed E-state index contributed by atoms with van der Waals surface area (Å²) in [6.45, 7) is 7.51. The lowest BCUT2D eigenvalue weighted by Gasteiger charge is -2.43. The molecule has 0 aliphatic carbocycles.